The summed E-state index contributed by atoms with van der Waals surface area (Å²) in [5.74, 6) is -0.313. The van der Waals surface area contributed by atoms with E-state index in [4.69, 9.17) is 4.74 Å². The second kappa shape index (κ2) is 6.96. The van der Waals surface area contributed by atoms with E-state index in [-0.39, 0.29) is 19.1 Å². The number of rotatable bonds is 4. The standard InChI is InChI=1S/C20H22N2O4S/c1-13-6-8-20(9-7-13)18(24)22(19(25)21-20)10-17(23)26-11-14-12-27-16-5-3-2-4-15(14)16/h2-5,12-13H,6-11H2,1H3,(H,21,25). The molecule has 3 amide bonds. The fourth-order valence-electron chi connectivity index (χ4n) is 3.89. The van der Waals surface area contributed by atoms with Crippen molar-refractivity contribution in [3.05, 3.63) is 35.2 Å². The molecule has 1 aliphatic heterocycles. The Morgan fingerprint density at radius 2 is 2.04 bits per heavy atom. The van der Waals surface area contributed by atoms with Crippen molar-refractivity contribution in [3.8, 4) is 0 Å². The van der Waals surface area contributed by atoms with Crippen molar-refractivity contribution in [2.24, 2.45) is 5.92 Å². The predicted molar refractivity (Wildman–Crippen MR) is 102 cm³/mol. The van der Waals surface area contributed by atoms with Crippen molar-refractivity contribution in [2.45, 2.75) is 44.8 Å². The van der Waals surface area contributed by atoms with Gasteiger partial charge in [0, 0.05) is 10.3 Å². The van der Waals surface area contributed by atoms with Crippen LogP contribution in [0.4, 0.5) is 4.79 Å². The Morgan fingerprint density at radius 1 is 1.30 bits per heavy atom. The number of ether oxygens (including phenoxy) is 1. The molecule has 0 radical (unpaired) electrons. The van der Waals surface area contributed by atoms with Crippen LogP contribution in [0, 0.1) is 5.92 Å². The zero-order chi connectivity index (χ0) is 19.0. The number of carbonyl (C=O) groups excluding carboxylic acids is 3. The Hall–Kier alpha value is -2.41. The van der Waals surface area contributed by atoms with Gasteiger partial charge in [0.05, 0.1) is 0 Å². The monoisotopic (exact) mass is 386 g/mol. The Kier molecular flexibility index (Phi) is 4.63. The third-order valence-electron chi connectivity index (χ3n) is 5.61. The van der Waals surface area contributed by atoms with Crippen molar-refractivity contribution < 1.29 is 19.1 Å². The van der Waals surface area contributed by atoms with Gasteiger partial charge in [-0.2, -0.15) is 0 Å². The van der Waals surface area contributed by atoms with Crippen LogP contribution in [0.5, 0.6) is 0 Å². The first-order valence-corrected chi connectivity index (χ1v) is 10.1. The van der Waals surface area contributed by atoms with Crippen molar-refractivity contribution in [1.29, 1.82) is 0 Å². The number of hydrogen-bond acceptors (Lipinski definition) is 5. The molecule has 1 spiro atoms. The Balaban J connectivity index is 1.38. The summed E-state index contributed by atoms with van der Waals surface area (Å²) in [7, 11) is 0. The maximum Gasteiger partial charge on any atom is 0.326 e. The maximum absolute atomic E-state index is 12.8. The van der Waals surface area contributed by atoms with Crippen LogP contribution in [0.25, 0.3) is 10.1 Å². The summed E-state index contributed by atoms with van der Waals surface area (Å²) in [6, 6.07) is 7.42. The van der Waals surface area contributed by atoms with E-state index in [1.165, 1.54) is 0 Å². The molecule has 4 rings (SSSR count). The molecule has 0 unspecified atom stereocenters. The number of nitrogens with one attached hydrogen (secondary N) is 1. The summed E-state index contributed by atoms with van der Waals surface area (Å²) in [5, 5.41) is 5.84. The first kappa shape index (κ1) is 18.0. The number of nitrogens with zero attached hydrogens (tertiary/aromatic N) is 1. The van der Waals surface area contributed by atoms with E-state index in [0.29, 0.717) is 18.8 Å². The van der Waals surface area contributed by atoms with Gasteiger partial charge in [-0.15, -0.1) is 11.3 Å². The molecule has 1 N–H and O–H groups in total. The molecular weight excluding hydrogens is 364 g/mol. The van der Waals surface area contributed by atoms with E-state index in [0.717, 1.165) is 33.4 Å². The zero-order valence-corrected chi connectivity index (χ0v) is 16.0. The molecule has 2 heterocycles. The molecule has 2 aromatic rings. The van der Waals surface area contributed by atoms with Gasteiger partial charge in [-0.25, -0.2) is 4.79 Å². The molecule has 142 valence electrons. The molecule has 0 atom stereocenters. The van der Waals surface area contributed by atoms with Gasteiger partial charge < -0.3 is 10.1 Å². The topological polar surface area (TPSA) is 75.7 Å². The number of benzene rings is 1. The molecular formula is C20H22N2O4S. The quantitative estimate of drug-likeness (QED) is 0.645. The lowest BCUT2D eigenvalue weighted by Crippen LogP contribution is -2.49. The molecule has 1 aromatic carbocycles. The predicted octanol–water partition coefficient (Wildman–Crippen LogP) is 3.45. The van der Waals surface area contributed by atoms with Crippen LogP contribution in [0.2, 0.25) is 0 Å². The maximum atomic E-state index is 12.8. The summed E-state index contributed by atoms with van der Waals surface area (Å²) in [6.45, 7) is 1.94. The van der Waals surface area contributed by atoms with Gasteiger partial charge in [-0.1, -0.05) is 25.1 Å². The third-order valence-corrected chi connectivity index (χ3v) is 6.62. The highest BCUT2D eigenvalue weighted by Crippen LogP contribution is 2.36. The van der Waals surface area contributed by atoms with Crippen LogP contribution in [0.15, 0.2) is 29.6 Å². The van der Waals surface area contributed by atoms with Crippen molar-refractivity contribution in [1.82, 2.24) is 10.2 Å². The van der Waals surface area contributed by atoms with E-state index in [9.17, 15) is 14.4 Å². The molecule has 1 aromatic heterocycles. The number of imide groups is 1. The van der Waals surface area contributed by atoms with Gasteiger partial charge in [0.2, 0.25) is 0 Å². The van der Waals surface area contributed by atoms with E-state index in [1.807, 2.05) is 29.6 Å². The second-order valence-electron chi connectivity index (χ2n) is 7.50. The lowest BCUT2D eigenvalue weighted by Gasteiger charge is -2.33. The van der Waals surface area contributed by atoms with Gasteiger partial charge in [0.25, 0.3) is 5.91 Å². The average molecular weight is 386 g/mol. The first-order valence-electron chi connectivity index (χ1n) is 9.23. The Labute approximate surface area is 161 Å². The lowest BCUT2D eigenvalue weighted by molar-refractivity contribution is -0.149. The summed E-state index contributed by atoms with van der Waals surface area (Å²) >= 11 is 1.59. The SMILES string of the molecule is CC1CCC2(CC1)NC(=O)N(CC(=O)OCc1csc3ccccc13)C2=O. The van der Waals surface area contributed by atoms with E-state index in [1.54, 1.807) is 11.3 Å². The molecule has 27 heavy (non-hydrogen) atoms. The van der Waals surface area contributed by atoms with Gasteiger partial charge in [0.15, 0.2) is 0 Å². The molecule has 2 fully saturated rings. The summed E-state index contributed by atoms with van der Waals surface area (Å²) in [6.07, 6.45) is 3.06. The van der Waals surface area contributed by atoms with Gasteiger partial charge in [-0.3, -0.25) is 14.5 Å². The van der Waals surface area contributed by atoms with Crippen LogP contribution < -0.4 is 5.32 Å². The minimum Gasteiger partial charge on any atom is -0.459 e. The van der Waals surface area contributed by atoms with E-state index >= 15 is 0 Å². The average Bonchev–Trinajstić information content (AvgIpc) is 3.17. The lowest BCUT2D eigenvalue weighted by atomic mass is 9.77. The van der Waals surface area contributed by atoms with Crippen molar-refractivity contribution >= 4 is 39.3 Å². The zero-order valence-electron chi connectivity index (χ0n) is 15.2. The number of esters is 1. The number of amides is 3. The number of hydrogen-bond donors (Lipinski definition) is 1. The first-order chi connectivity index (χ1) is 13.0. The molecule has 6 nitrogen and oxygen atoms in total. The van der Waals surface area contributed by atoms with Gasteiger partial charge >= 0.3 is 12.0 Å². The third kappa shape index (κ3) is 3.32. The van der Waals surface area contributed by atoms with Crippen LogP contribution in [-0.4, -0.2) is 34.9 Å². The number of thiophene rings is 1. The highest BCUT2D eigenvalue weighted by molar-refractivity contribution is 7.17. The van der Waals surface area contributed by atoms with Crippen LogP contribution >= 0.6 is 11.3 Å². The van der Waals surface area contributed by atoms with Crippen LogP contribution in [-0.2, 0) is 20.9 Å². The van der Waals surface area contributed by atoms with E-state index in [2.05, 4.69) is 12.2 Å². The summed E-state index contributed by atoms with van der Waals surface area (Å²) < 4.78 is 6.47. The van der Waals surface area contributed by atoms with Gasteiger partial charge in [0.1, 0.15) is 18.7 Å². The van der Waals surface area contributed by atoms with Crippen LogP contribution in [0.3, 0.4) is 0 Å². The van der Waals surface area contributed by atoms with Gasteiger partial charge in [-0.05, 0) is 48.4 Å². The van der Waals surface area contributed by atoms with Crippen molar-refractivity contribution in [2.75, 3.05) is 6.54 Å². The molecule has 2 aliphatic rings. The molecule has 1 saturated carbocycles. The summed E-state index contributed by atoms with van der Waals surface area (Å²) in [4.78, 5) is 38.3. The van der Waals surface area contributed by atoms with Crippen LogP contribution in [0.1, 0.15) is 38.2 Å². The van der Waals surface area contributed by atoms with Crippen molar-refractivity contribution in [3.63, 3.8) is 0 Å². The summed E-state index contributed by atoms with van der Waals surface area (Å²) in [5.41, 5.74) is 0.104. The molecule has 1 saturated heterocycles. The number of fused-ring (bicyclic) bond motifs is 1. The minimum atomic E-state index is -0.826. The fourth-order valence-corrected chi connectivity index (χ4v) is 4.84. The highest BCUT2D eigenvalue weighted by atomic mass is 32.1. The number of carbonyl (C=O) groups is 3. The molecule has 7 heteroatoms. The highest BCUT2D eigenvalue weighted by Gasteiger charge is 2.52. The number of urea groups is 1. The molecule has 1 aliphatic carbocycles. The molecule has 0 bridgehead atoms. The second-order valence-corrected chi connectivity index (χ2v) is 8.42. The minimum absolute atomic E-state index is 0.134. The largest absolute Gasteiger partial charge is 0.459 e. The Morgan fingerprint density at radius 3 is 2.81 bits per heavy atom. The smallest absolute Gasteiger partial charge is 0.326 e. The Bertz CT molecular complexity index is 898. The fraction of sp³-hybridized carbons (Fsp3) is 0.450. The van der Waals surface area contributed by atoms with E-state index < -0.39 is 17.5 Å². The normalized spacial score (nSPS) is 25.2.